The molecule has 2 aromatic carbocycles. The molecule has 5 heteroatoms. The van der Waals surface area contributed by atoms with Gasteiger partial charge in [0.05, 0.1) is 7.05 Å². The highest BCUT2D eigenvalue weighted by Gasteiger charge is 2.16. The van der Waals surface area contributed by atoms with Gasteiger partial charge in [-0.2, -0.15) is 0 Å². The average Bonchev–Trinajstić information content (AvgIpc) is 3.09. The first kappa shape index (κ1) is 19.2. The van der Waals surface area contributed by atoms with Gasteiger partial charge >= 0.3 is 0 Å². The van der Waals surface area contributed by atoms with Gasteiger partial charge in [-0.15, -0.1) is 0 Å². The highest BCUT2D eigenvalue weighted by molar-refractivity contribution is 5.76. The lowest BCUT2D eigenvalue weighted by molar-refractivity contribution is -0.885. The zero-order chi connectivity index (χ0) is 19.2. The molecule has 0 aromatic heterocycles. The number of carbonyl (C=O) groups excluding carboxylic acids is 1. The lowest BCUT2D eigenvalue weighted by atomic mass is 10.0. The van der Waals surface area contributed by atoms with Gasteiger partial charge in [0, 0.05) is 12.1 Å². The van der Waals surface area contributed by atoms with Gasteiger partial charge in [0.2, 0.25) is 6.79 Å². The Morgan fingerprint density at radius 2 is 1.78 bits per heavy atom. The van der Waals surface area contributed by atoms with E-state index in [9.17, 15) is 4.79 Å². The summed E-state index contributed by atoms with van der Waals surface area (Å²) in [4.78, 5) is 13.3. The number of fused-ring (bicyclic) bond motifs is 1. The summed E-state index contributed by atoms with van der Waals surface area (Å²) in [5, 5.41) is 3.02. The Bertz CT molecular complexity index is 772. The molecule has 2 N–H and O–H groups in total. The van der Waals surface area contributed by atoms with Crippen LogP contribution in [0.5, 0.6) is 11.5 Å². The van der Waals surface area contributed by atoms with E-state index in [4.69, 9.17) is 9.47 Å². The van der Waals surface area contributed by atoms with Crippen LogP contribution in [0.15, 0.2) is 42.5 Å². The number of quaternary nitrogens is 1. The Morgan fingerprint density at radius 3 is 2.52 bits per heavy atom. The number of carbonyl (C=O) groups is 1. The van der Waals surface area contributed by atoms with Gasteiger partial charge in [-0.1, -0.05) is 38.1 Å². The van der Waals surface area contributed by atoms with Crippen LogP contribution in [-0.2, 0) is 17.8 Å². The molecule has 0 bridgehead atoms. The van der Waals surface area contributed by atoms with Crippen molar-refractivity contribution < 1.29 is 19.2 Å². The number of hydrogen-bond acceptors (Lipinski definition) is 3. The standard InChI is InChI=1S/C22H28N2O3/c1-16(2)19-7-4-17(5-8-19)10-11-23-22(25)14-24(3)13-18-6-9-20-21(12-18)27-15-26-20/h4-9,12,16H,10-11,13-15H2,1-3H3,(H,23,25)/p+1. The quantitative estimate of drug-likeness (QED) is 0.747. The third-order valence-electron chi connectivity index (χ3n) is 4.79. The van der Waals surface area contributed by atoms with Crippen LogP contribution in [-0.4, -0.2) is 32.8 Å². The van der Waals surface area contributed by atoms with Crippen molar-refractivity contribution in [2.24, 2.45) is 0 Å². The Balaban J connectivity index is 1.39. The summed E-state index contributed by atoms with van der Waals surface area (Å²) in [6.45, 7) is 6.54. The fraction of sp³-hybridized carbons (Fsp3) is 0.409. The summed E-state index contributed by atoms with van der Waals surface area (Å²) in [7, 11) is 2.02. The summed E-state index contributed by atoms with van der Waals surface area (Å²) in [5.74, 6) is 2.19. The number of ether oxygens (including phenoxy) is 2. The Labute approximate surface area is 161 Å². The Hall–Kier alpha value is -2.53. The lowest BCUT2D eigenvalue weighted by Gasteiger charge is -2.14. The number of nitrogens with one attached hydrogen (secondary N) is 2. The van der Waals surface area contributed by atoms with E-state index in [2.05, 4.69) is 43.4 Å². The first-order chi connectivity index (χ1) is 13.0. The zero-order valence-electron chi connectivity index (χ0n) is 16.4. The number of rotatable bonds is 8. The van der Waals surface area contributed by atoms with Crippen molar-refractivity contribution in [2.75, 3.05) is 26.9 Å². The van der Waals surface area contributed by atoms with Gasteiger partial charge in [-0.3, -0.25) is 4.79 Å². The van der Waals surface area contributed by atoms with E-state index >= 15 is 0 Å². The first-order valence-electron chi connectivity index (χ1n) is 9.56. The molecule has 0 aliphatic carbocycles. The summed E-state index contributed by atoms with van der Waals surface area (Å²) >= 11 is 0. The molecular weight excluding hydrogens is 340 g/mol. The van der Waals surface area contributed by atoms with Crippen molar-refractivity contribution in [3.63, 3.8) is 0 Å². The summed E-state index contributed by atoms with van der Waals surface area (Å²) in [6, 6.07) is 14.6. The van der Waals surface area contributed by atoms with E-state index in [1.165, 1.54) is 11.1 Å². The molecule has 0 fully saturated rings. The number of likely N-dealkylation sites (N-methyl/N-ethyl adjacent to an activating group) is 1. The van der Waals surface area contributed by atoms with E-state index in [1.54, 1.807) is 0 Å². The normalized spacial score (nSPS) is 13.6. The van der Waals surface area contributed by atoms with E-state index in [0.717, 1.165) is 34.9 Å². The largest absolute Gasteiger partial charge is 0.454 e. The topological polar surface area (TPSA) is 52.0 Å². The van der Waals surface area contributed by atoms with Crippen LogP contribution in [0.4, 0.5) is 0 Å². The van der Waals surface area contributed by atoms with Gasteiger partial charge in [0.25, 0.3) is 5.91 Å². The average molecular weight is 369 g/mol. The summed E-state index contributed by atoms with van der Waals surface area (Å²) < 4.78 is 10.7. The number of hydrogen-bond donors (Lipinski definition) is 2. The second kappa shape index (κ2) is 8.91. The minimum atomic E-state index is 0.0760. The van der Waals surface area contributed by atoms with Crippen LogP contribution in [0.3, 0.4) is 0 Å². The number of benzene rings is 2. The molecular formula is C22H29N2O3+. The molecule has 0 saturated carbocycles. The second-order valence-electron chi connectivity index (χ2n) is 7.49. The van der Waals surface area contributed by atoms with Crippen molar-refractivity contribution >= 4 is 5.91 Å². The van der Waals surface area contributed by atoms with Gasteiger partial charge in [0.15, 0.2) is 18.0 Å². The molecule has 1 unspecified atom stereocenters. The molecule has 5 nitrogen and oxygen atoms in total. The Kier molecular flexibility index (Phi) is 6.35. The van der Waals surface area contributed by atoms with Crippen molar-refractivity contribution in [1.29, 1.82) is 0 Å². The zero-order valence-corrected chi connectivity index (χ0v) is 16.4. The molecule has 0 radical (unpaired) electrons. The molecule has 3 rings (SSSR count). The molecule has 1 aliphatic rings. The maximum Gasteiger partial charge on any atom is 0.275 e. The highest BCUT2D eigenvalue weighted by atomic mass is 16.7. The van der Waals surface area contributed by atoms with Gasteiger partial charge in [-0.05, 0) is 41.7 Å². The minimum Gasteiger partial charge on any atom is -0.454 e. The molecule has 0 spiro atoms. The van der Waals surface area contributed by atoms with Crippen LogP contribution in [0.25, 0.3) is 0 Å². The fourth-order valence-electron chi connectivity index (χ4n) is 3.21. The van der Waals surface area contributed by atoms with Gasteiger partial charge in [0.1, 0.15) is 6.54 Å². The van der Waals surface area contributed by atoms with Gasteiger partial charge in [-0.25, -0.2) is 0 Å². The van der Waals surface area contributed by atoms with Crippen LogP contribution < -0.4 is 19.7 Å². The van der Waals surface area contributed by atoms with Crippen LogP contribution >= 0.6 is 0 Å². The smallest absolute Gasteiger partial charge is 0.275 e. The molecule has 1 heterocycles. The molecule has 1 atom stereocenters. The summed E-state index contributed by atoms with van der Waals surface area (Å²) in [5.41, 5.74) is 3.73. The van der Waals surface area contributed by atoms with Crippen molar-refractivity contribution in [3.8, 4) is 11.5 Å². The monoisotopic (exact) mass is 369 g/mol. The highest BCUT2D eigenvalue weighted by Crippen LogP contribution is 2.32. The predicted molar refractivity (Wildman–Crippen MR) is 105 cm³/mol. The molecule has 2 aromatic rings. The van der Waals surface area contributed by atoms with Crippen LogP contribution in [0, 0.1) is 0 Å². The SMILES string of the molecule is CC(C)c1ccc(CCNC(=O)C[NH+](C)Cc2ccc3c(c2)OCO3)cc1. The maximum atomic E-state index is 12.2. The second-order valence-corrected chi connectivity index (χ2v) is 7.49. The summed E-state index contributed by atoms with van der Waals surface area (Å²) in [6.07, 6.45) is 0.853. The minimum absolute atomic E-state index is 0.0760. The van der Waals surface area contributed by atoms with E-state index < -0.39 is 0 Å². The third-order valence-corrected chi connectivity index (χ3v) is 4.79. The van der Waals surface area contributed by atoms with Crippen molar-refractivity contribution in [1.82, 2.24) is 5.32 Å². The maximum absolute atomic E-state index is 12.2. The lowest BCUT2D eigenvalue weighted by Crippen LogP contribution is -3.08. The van der Waals surface area contributed by atoms with Crippen molar-refractivity contribution in [2.45, 2.75) is 32.7 Å². The van der Waals surface area contributed by atoms with Crippen molar-refractivity contribution in [3.05, 3.63) is 59.2 Å². The van der Waals surface area contributed by atoms with E-state index in [0.29, 0.717) is 19.0 Å². The van der Waals surface area contributed by atoms with Crippen LogP contribution in [0.2, 0.25) is 0 Å². The van der Waals surface area contributed by atoms with E-state index in [-0.39, 0.29) is 12.7 Å². The third kappa shape index (κ3) is 5.47. The first-order valence-corrected chi connectivity index (χ1v) is 9.56. The number of amides is 1. The molecule has 1 aliphatic heterocycles. The van der Waals surface area contributed by atoms with Gasteiger partial charge < -0.3 is 19.7 Å². The Morgan fingerprint density at radius 1 is 1.07 bits per heavy atom. The molecule has 0 saturated heterocycles. The predicted octanol–water partition coefficient (Wildman–Crippen LogP) is 1.91. The molecule has 1 amide bonds. The van der Waals surface area contributed by atoms with E-state index in [1.807, 2.05) is 25.2 Å². The fourth-order valence-corrected chi connectivity index (χ4v) is 3.21. The molecule has 144 valence electrons. The molecule has 27 heavy (non-hydrogen) atoms. The van der Waals surface area contributed by atoms with Crippen LogP contribution in [0.1, 0.15) is 36.5 Å².